The van der Waals surface area contributed by atoms with Gasteiger partial charge in [0.05, 0.1) is 18.8 Å². The van der Waals surface area contributed by atoms with Crippen molar-refractivity contribution < 1.29 is 17.9 Å². The summed E-state index contributed by atoms with van der Waals surface area (Å²) in [4.78, 5) is 0. The van der Waals surface area contributed by atoms with Crippen LogP contribution in [0.3, 0.4) is 0 Å². The highest BCUT2D eigenvalue weighted by atomic mass is 19.4. The van der Waals surface area contributed by atoms with E-state index in [4.69, 9.17) is 4.74 Å². The Bertz CT molecular complexity index is 362. The van der Waals surface area contributed by atoms with Crippen LogP contribution in [0, 0.1) is 0 Å². The fraction of sp³-hybridized carbons (Fsp3) is 0.700. The van der Waals surface area contributed by atoms with Gasteiger partial charge in [0.2, 0.25) is 5.88 Å². The SMILES string of the molecule is CNC(CCC(F)(F)F)c1cc(OC)n(C)n1. The second kappa shape index (κ2) is 5.39. The molecule has 0 aliphatic heterocycles. The van der Waals surface area contributed by atoms with Crippen LogP contribution in [0.5, 0.6) is 5.88 Å². The maximum atomic E-state index is 12.1. The molecule has 1 rings (SSSR count). The molecule has 1 N–H and O–H groups in total. The molecular formula is C10H16F3N3O. The lowest BCUT2D eigenvalue weighted by atomic mass is 10.1. The number of nitrogens with one attached hydrogen (secondary N) is 1. The molecule has 17 heavy (non-hydrogen) atoms. The first-order valence-corrected chi connectivity index (χ1v) is 5.19. The first-order valence-electron chi connectivity index (χ1n) is 5.19. The predicted octanol–water partition coefficient (Wildman–Crippen LogP) is 2.03. The van der Waals surface area contributed by atoms with Gasteiger partial charge in [-0.15, -0.1) is 0 Å². The molecule has 0 amide bonds. The van der Waals surface area contributed by atoms with Gasteiger partial charge in [0.25, 0.3) is 0 Å². The van der Waals surface area contributed by atoms with E-state index in [0.29, 0.717) is 11.6 Å². The molecule has 1 unspecified atom stereocenters. The van der Waals surface area contributed by atoms with Crippen molar-refractivity contribution in [1.82, 2.24) is 15.1 Å². The van der Waals surface area contributed by atoms with Crippen LogP contribution < -0.4 is 10.1 Å². The average Bonchev–Trinajstić information content (AvgIpc) is 2.59. The molecule has 0 aliphatic carbocycles. The third-order valence-corrected chi connectivity index (χ3v) is 2.49. The van der Waals surface area contributed by atoms with E-state index in [1.165, 1.54) is 11.8 Å². The summed E-state index contributed by atoms with van der Waals surface area (Å²) < 4.78 is 42.9. The molecule has 0 aromatic carbocycles. The Morgan fingerprint density at radius 1 is 1.53 bits per heavy atom. The molecule has 0 saturated heterocycles. The second-order valence-electron chi connectivity index (χ2n) is 3.73. The Morgan fingerprint density at radius 3 is 2.59 bits per heavy atom. The summed E-state index contributed by atoms with van der Waals surface area (Å²) in [5, 5.41) is 6.94. The van der Waals surface area contributed by atoms with Crippen molar-refractivity contribution >= 4 is 0 Å². The minimum absolute atomic E-state index is 0.0415. The first kappa shape index (κ1) is 13.8. The average molecular weight is 251 g/mol. The molecule has 0 fully saturated rings. The molecule has 0 bridgehead atoms. The molecule has 1 heterocycles. The normalized spacial score (nSPS) is 13.8. The second-order valence-corrected chi connectivity index (χ2v) is 3.73. The molecule has 4 nitrogen and oxygen atoms in total. The van der Waals surface area contributed by atoms with Crippen LogP contribution in [0.4, 0.5) is 13.2 Å². The van der Waals surface area contributed by atoms with Gasteiger partial charge in [0.1, 0.15) is 0 Å². The van der Waals surface area contributed by atoms with Crippen molar-refractivity contribution in [2.45, 2.75) is 25.1 Å². The van der Waals surface area contributed by atoms with Gasteiger partial charge in [-0.05, 0) is 13.5 Å². The van der Waals surface area contributed by atoms with Crippen LogP contribution in [-0.2, 0) is 7.05 Å². The van der Waals surface area contributed by atoms with E-state index in [0.717, 1.165) is 0 Å². The highest BCUT2D eigenvalue weighted by molar-refractivity contribution is 5.18. The van der Waals surface area contributed by atoms with E-state index in [-0.39, 0.29) is 6.42 Å². The Morgan fingerprint density at radius 2 is 2.18 bits per heavy atom. The highest BCUT2D eigenvalue weighted by Gasteiger charge is 2.29. The van der Waals surface area contributed by atoms with Gasteiger partial charge in [-0.2, -0.15) is 18.3 Å². The summed E-state index contributed by atoms with van der Waals surface area (Å²) in [6.07, 6.45) is -5.02. The molecule has 0 saturated carbocycles. The molecule has 0 spiro atoms. The van der Waals surface area contributed by atoms with Gasteiger partial charge in [0.15, 0.2) is 0 Å². The van der Waals surface area contributed by atoms with Crippen LogP contribution in [-0.4, -0.2) is 30.1 Å². The van der Waals surface area contributed by atoms with Gasteiger partial charge in [0, 0.05) is 19.5 Å². The first-order chi connectivity index (χ1) is 7.87. The van der Waals surface area contributed by atoms with E-state index in [2.05, 4.69) is 10.4 Å². The Balaban J connectivity index is 2.72. The monoisotopic (exact) mass is 251 g/mol. The summed E-state index contributed by atoms with van der Waals surface area (Å²) in [5.41, 5.74) is 0.552. The van der Waals surface area contributed by atoms with E-state index in [1.807, 2.05) is 0 Å². The number of aromatic nitrogens is 2. The minimum atomic E-state index is -4.14. The number of nitrogens with zero attached hydrogens (tertiary/aromatic N) is 2. The lowest BCUT2D eigenvalue weighted by Crippen LogP contribution is -2.20. The number of rotatable bonds is 5. The van der Waals surface area contributed by atoms with Crippen molar-refractivity contribution in [3.05, 3.63) is 11.8 Å². The van der Waals surface area contributed by atoms with Gasteiger partial charge in [-0.3, -0.25) is 0 Å². The third-order valence-electron chi connectivity index (χ3n) is 2.49. The number of hydrogen-bond donors (Lipinski definition) is 1. The number of alkyl halides is 3. The van der Waals surface area contributed by atoms with Gasteiger partial charge < -0.3 is 10.1 Å². The predicted molar refractivity (Wildman–Crippen MR) is 56.8 cm³/mol. The van der Waals surface area contributed by atoms with Gasteiger partial charge >= 0.3 is 6.18 Å². The van der Waals surface area contributed by atoms with Crippen LogP contribution in [0.25, 0.3) is 0 Å². The van der Waals surface area contributed by atoms with E-state index in [1.54, 1.807) is 20.2 Å². The molecule has 0 radical (unpaired) electrons. The number of halogens is 3. The minimum Gasteiger partial charge on any atom is -0.481 e. The van der Waals surface area contributed by atoms with Crippen LogP contribution in [0.1, 0.15) is 24.6 Å². The van der Waals surface area contributed by atoms with Crippen molar-refractivity contribution in [2.24, 2.45) is 7.05 Å². The molecule has 1 aromatic rings. The van der Waals surface area contributed by atoms with Crippen LogP contribution in [0.2, 0.25) is 0 Å². The standard InChI is InChI=1S/C10H16F3N3O/c1-14-7(4-5-10(11,12)13)8-6-9(17-3)16(2)15-8/h6-7,14H,4-5H2,1-3H3. The smallest absolute Gasteiger partial charge is 0.389 e. The summed E-state index contributed by atoms with van der Waals surface area (Å²) >= 11 is 0. The number of ether oxygens (including phenoxy) is 1. The maximum absolute atomic E-state index is 12.1. The summed E-state index contributed by atoms with van der Waals surface area (Å²) in [6, 6.07) is 1.21. The quantitative estimate of drug-likeness (QED) is 0.870. The summed E-state index contributed by atoms with van der Waals surface area (Å²) in [6.45, 7) is 0. The van der Waals surface area contributed by atoms with Crippen molar-refractivity contribution in [3.63, 3.8) is 0 Å². The van der Waals surface area contributed by atoms with Crippen molar-refractivity contribution in [1.29, 1.82) is 0 Å². The fourth-order valence-corrected chi connectivity index (χ4v) is 1.58. The molecular weight excluding hydrogens is 235 g/mol. The topological polar surface area (TPSA) is 39.1 Å². The van der Waals surface area contributed by atoms with E-state index >= 15 is 0 Å². The summed E-state index contributed by atoms with van der Waals surface area (Å²) in [5.74, 6) is 0.521. The maximum Gasteiger partial charge on any atom is 0.389 e. The van der Waals surface area contributed by atoms with Crippen molar-refractivity contribution in [3.8, 4) is 5.88 Å². The Labute approximate surface area is 97.8 Å². The van der Waals surface area contributed by atoms with Gasteiger partial charge in [-0.1, -0.05) is 0 Å². The van der Waals surface area contributed by atoms with E-state index < -0.39 is 18.6 Å². The third kappa shape index (κ3) is 3.92. The van der Waals surface area contributed by atoms with E-state index in [9.17, 15) is 13.2 Å². The molecule has 7 heteroatoms. The zero-order valence-corrected chi connectivity index (χ0v) is 10.0. The number of hydrogen-bond acceptors (Lipinski definition) is 3. The lowest BCUT2D eigenvalue weighted by molar-refractivity contribution is -0.136. The fourth-order valence-electron chi connectivity index (χ4n) is 1.58. The van der Waals surface area contributed by atoms with Crippen LogP contribution in [0.15, 0.2) is 6.07 Å². The lowest BCUT2D eigenvalue weighted by Gasteiger charge is -2.14. The largest absolute Gasteiger partial charge is 0.481 e. The van der Waals surface area contributed by atoms with Crippen molar-refractivity contribution in [2.75, 3.05) is 14.2 Å². The Kier molecular flexibility index (Phi) is 4.39. The Hall–Kier alpha value is -1.24. The zero-order chi connectivity index (χ0) is 13.1. The molecule has 98 valence electrons. The van der Waals surface area contributed by atoms with Gasteiger partial charge in [-0.25, -0.2) is 4.68 Å². The number of aryl methyl sites for hydroxylation is 1. The zero-order valence-electron chi connectivity index (χ0n) is 10.0. The molecule has 1 aromatic heterocycles. The highest BCUT2D eigenvalue weighted by Crippen LogP contribution is 2.28. The summed E-state index contributed by atoms with van der Waals surface area (Å²) in [7, 11) is 4.78. The number of methoxy groups -OCH3 is 1. The molecule has 0 aliphatic rings. The van der Waals surface area contributed by atoms with Crippen LogP contribution >= 0.6 is 0 Å². The molecule has 1 atom stereocenters.